The number of hydrogen-bond acceptors (Lipinski definition) is 5. The molecule has 0 aromatic heterocycles. The van der Waals surface area contributed by atoms with Gasteiger partial charge in [0.25, 0.3) is 11.6 Å². The van der Waals surface area contributed by atoms with Crippen molar-refractivity contribution in [1.82, 2.24) is 4.90 Å². The zero-order chi connectivity index (χ0) is 20.0. The summed E-state index contributed by atoms with van der Waals surface area (Å²) in [5.41, 5.74) is 1.15. The van der Waals surface area contributed by atoms with Crippen molar-refractivity contribution in [3.05, 3.63) is 63.7 Å². The normalized spacial score (nSPS) is 10.2. The Bertz CT molecular complexity index is 866. The third-order valence-electron chi connectivity index (χ3n) is 4.02. The molecule has 27 heavy (non-hydrogen) atoms. The Kier molecular flexibility index (Phi) is 6.48. The van der Waals surface area contributed by atoms with Crippen LogP contribution >= 0.6 is 0 Å². The number of aryl methyl sites for hydroxylation is 1. The topological polar surface area (TPSA) is 102 Å². The highest BCUT2D eigenvalue weighted by Gasteiger charge is 2.20. The molecule has 0 saturated carbocycles. The lowest BCUT2D eigenvalue weighted by Crippen LogP contribution is -2.38. The molecule has 2 rings (SSSR count). The number of likely N-dealkylation sites (N-methyl/N-ethyl adjacent to an activating group) is 1. The summed E-state index contributed by atoms with van der Waals surface area (Å²) in [5.74, 6) is -0.217. The monoisotopic (exact) mass is 371 g/mol. The molecule has 2 amide bonds. The van der Waals surface area contributed by atoms with Crippen LogP contribution in [0.5, 0.6) is 5.75 Å². The van der Waals surface area contributed by atoms with E-state index < -0.39 is 4.92 Å². The lowest BCUT2D eigenvalue weighted by atomic mass is 10.1. The smallest absolute Gasteiger partial charge is 0.272 e. The maximum atomic E-state index is 12.7. The number of nitrogens with one attached hydrogen (secondary N) is 1. The summed E-state index contributed by atoms with van der Waals surface area (Å²) >= 11 is 0. The zero-order valence-electron chi connectivity index (χ0n) is 15.4. The molecule has 8 nitrogen and oxygen atoms in total. The highest BCUT2D eigenvalue weighted by atomic mass is 16.6. The molecule has 8 heteroatoms. The van der Waals surface area contributed by atoms with Crippen LogP contribution in [-0.4, -0.2) is 41.8 Å². The summed E-state index contributed by atoms with van der Waals surface area (Å²) < 4.78 is 5.19. The van der Waals surface area contributed by atoms with Gasteiger partial charge in [-0.1, -0.05) is 12.1 Å². The van der Waals surface area contributed by atoms with E-state index in [0.717, 1.165) is 0 Å². The van der Waals surface area contributed by atoms with Crippen molar-refractivity contribution in [3.63, 3.8) is 0 Å². The number of carbonyl (C=O) groups is 2. The quantitative estimate of drug-likeness (QED) is 0.595. The predicted molar refractivity (Wildman–Crippen MR) is 101 cm³/mol. The summed E-state index contributed by atoms with van der Waals surface area (Å²) in [5, 5.41) is 13.6. The second-order valence-corrected chi connectivity index (χ2v) is 5.83. The van der Waals surface area contributed by atoms with Crippen molar-refractivity contribution in [2.45, 2.75) is 13.8 Å². The molecule has 0 bridgehead atoms. The highest BCUT2D eigenvalue weighted by molar-refractivity contribution is 6.00. The molecule has 0 heterocycles. The van der Waals surface area contributed by atoms with E-state index in [1.54, 1.807) is 38.1 Å². The summed E-state index contributed by atoms with van der Waals surface area (Å²) in [6, 6.07) is 11.1. The molecule has 0 radical (unpaired) electrons. The van der Waals surface area contributed by atoms with Crippen LogP contribution in [0.4, 0.5) is 11.4 Å². The van der Waals surface area contributed by atoms with Crippen molar-refractivity contribution in [3.8, 4) is 5.75 Å². The number of para-hydroxylation sites is 2. The number of hydrogen-bond donors (Lipinski definition) is 1. The fourth-order valence-corrected chi connectivity index (χ4v) is 2.61. The van der Waals surface area contributed by atoms with Gasteiger partial charge in [0.05, 0.1) is 17.7 Å². The highest BCUT2D eigenvalue weighted by Crippen LogP contribution is 2.23. The molecule has 0 spiro atoms. The molecule has 0 atom stereocenters. The van der Waals surface area contributed by atoms with Crippen LogP contribution in [0.25, 0.3) is 0 Å². The molecular weight excluding hydrogens is 350 g/mol. The number of nitro benzene ring substituents is 1. The fourth-order valence-electron chi connectivity index (χ4n) is 2.61. The van der Waals surface area contributed by atoms with Crippen LogP contribution in [0, 0.1) is 17.0 Å². The van der Waals surface area contributed by atoms with Gasteiger partial charge in [-0.15, -0.1) is 0 Å². The first-order chi connectivity index (χ1) is 12.9. The van der Waals surface area contributed by atoms with Crippen LogP contribution in [0.1, 0.15) is 22.8 Å². The molecule has 0 aliphatic rings. The zero-order valence-corrected chi connectivity index (χ0v) is 15.4. The molecule has 0 aliphatic carbocycles. The molecule has 1 N–H and O–H groups in total. The average Bonchev–Trinajstić information content (AvgIpc) is 2.65. The Labute approximate surface area is 156 Å². The van der Waals surface area contributed by atoms with Gasteiger partial charge < -0.3 is 15.0 Å². The standard InChI is InChI=1S/C19H21N3O5/c1-4-21(12-18(23)20-15-7-5-6-8-17(15)27-3)19(24)14-9-10-16(22(25)26)13(2)11-14/h5-11H,4,12H2,1-3H3,(H,20,23). The van der Waals surface area contributed by atoms with Crippen molar-refractivity contribution >= 4 is 23.2 Å². The van der Waals surface area contributed by atoms with Gasteiger partial charge in [0, 0.05) is 23.7 Å². The Morgan fingerprint density at radius 2 is 1.93 bits per heavy atom. The number of ether oxygens (including phenoxy) is 1. The third kappa shape index (κ3) is 4.81. The minimum atomic E-state index is -0.498. The summed E-state index contributed by atoms with van der Waals surface area (Å²) in [4.78, 5) is 36.8. The van der Waals surface area contributed by atoms with Gasteiger partial charge >= 0.3 is 0 Å². The van der Waals surface area contributed by atoms with E-state index in [1.807, 2.05) is 0 Å². The largest absolute Gasteiger partial charge is 0.495 e. The van der Waals surface area contributed by atoms with Crippen LogP contribution in [-0.2, 0) is 4.79 Å². The molecule has 2 aromatic rings. The van der Waals surface area contributed by atoms with E-state index in [-0.39, 0.29) is 24.0 Å². The van der Waals surface area contributed by atoms with Crippen molar-refractivity contribution < 1.29 is 19.2 Å². The molecule has 2 aromatic carbocycles. The molecule has 0 aliphatic heterocycles. The Morgan fingerprint density at radius 3 is 2.52 bits per heavy atom. The van der Waals surface area contributed by atoms with Crippen molar-refractivity contribution in [2.24, 2.45) is 0 Å². The molecule has 0 fully saturated rings. The molecule has 0 saturated heterocycles. The summed E-state index contributed by atoms with van der Waals surface area (Å²) in [6.07, 6.45) is 0. The van der Waals surface area contributed by atoms with Gasteiger partial charge in [0.1, 0.15) is 12.3 Å². The predicted octanol–water partition coefficient (Wildman–Crippen LogP) is 3.01. The number of nitro groups is 1. The number of amides is 2. The number of anilines is 1. The molecular formula is C19H21N3O5. The van der Waals surface area contributed by atoms with Gasteiger partial charge in [-0.05, 0) is 38.1 Å². The van der Waals surface area contributed by atoms with Gasteiger partial charge in [0.15, 0.2) is 0 Å². The van der Waals surface area contributed by atoms with E-state index in [2.05, 4.69) is 5.32 Å². The second-order valence-electron chi connectivity index (χ2n) is 5.83. The summed E-state index contributed by atoms with van der Waals surface area (Å²) in [6.45, 7) is 3.49. The van der Waals surface area contributed by atoms with E-state index >= 15 is 0 Å². The Hall–Kier alpha value is -3.42. The maximum absolute atomic E-state index is 12.7. The third-order valence-corrected chi connectivity index (χ3v) is 4.02. The fraction of sp³-hybridized carbons (Fsp3) is 0.263. The number of rotatable bonds is 7. The first kappa shape index (κ1) is 19.9. The van der Waals surface area contributed by atoms with Gasteiger partial charge in [0.2, 0.25) is 5.91 Å². The van der Waals surface area contributed by atoms with Gasteiger partial charge in [-0.3, -0.25) is 19.7 Å². The summed E-state index contributed by atoms with van der Waals surface area (Å²) in [7, 11) is 1.50. The minimum Gasteiger partial charge on any atom is -0.495 e. The van der Waals surface area contributed by atoms with E-state index in [0.29, 0.717) is 29.1 Å². The van der Waals surface area contributed by atoms with Crippen LogP contribution in [0.2, 0.25) is 0 Å². The van der Waals surface area contributed by atoms with Crippen LogP contribution in [0.3, 0.4) is 0 Å². The van der Waals surface area contributed by atoms with Gasteiger partial charge in [-0.2, -0.15) is 0 Å². The van der Waals surface area contributed by atoms with E-state index in [4.69, 9.17) is 4.74 Å². The Balaban J connectivity index is 2.12. The van der Waals surface area contributed by atoms with E-state index in [1.165, 1.54) is 30.2 Å². The second kappa shape index (κ2) is 8.79. The van der Waals surface area contributed by atoms with E-state index in [9.17, 15) is 19.7 Å². The van der Waals surface area contributed by atoms with Crippen molar-refractivity contribution in [1.29, 1.82) is 0 Å². The first-order valence-corrected chi connectivity index (χ1v) is 8.34. The molecule has 0 unspecified atom stereocenters. The van der Waals surface area contributed by atoms with Crippen molar-refractivity contribution in [2.75, 3.05) is 25.5 Å². The lowest BCUT2D eigenvalue weighted by Gasteiger charge is -2.21. The number of carbonyl (C=O) groups excluding carboxylic acids is 2. The average molecular weight is 371 g/mol. The maximum Gasteiger partial charge on any atom is 0.272 e. The SMILES string of the molecule is CCN(CC(=O)Nc1ccccc1OC)C(=O)c1ccc([N+](=O)[O-])c(C)c1. The van der Waals surface area contributed by atoms with Crippen LogP contribution in [0.15, 0.2) is 42.5 Å². The Morgan fingerprint density at radius 1 is 1.22 bits per heavy atom. The lowest BCUT2D eigenvalue weighted by molar-refractivity contribution is -0.385. The number of nitrogens with zero attached hydrogens (tertiary/aromatic N) is 2. The first-order valence-electron chi connectivity index (χ1n) is 8.34. The van der Waals surface area contributed by atoms with Crippen LogP contribution < -0.4 is 10.1 Å². The minimum absolute atomic E-state index is 0.0523. The van der Waals surface area contributed by atoms with Gasteiger partial charge in [-0.25, -0.2) is 0 Å². The number of benzene rings is 2. The number of methoxy groups -OCH3 is 1. The molecule has 142 valence electrons.